The molecular weight excluding hydrogens is 338 g/mol. The lowest BCUT2D eigenvalue weighted by molar-refractivity contribution is 0.442. The summed E-state index contributed by atoms with van der Waals surface area (Å²) in [7, 11) is 4.08. The van der Waals surface area contributed by atoms with Crippen LogP contribution in [0, 0.1) is 6.92 Å². The fourth-order valence-electron chi connectivity index (χ4n) is 2.38. The first kappa shape index (κ1) is 18.6. The maximum absolute atomic E-state index is 6.18. The van der Waals surface area contributed by atoms with Crippen LogP contribution in [0.4, 0.5) is 11.4 Å². The first-order valence-electron chi connectivity index (χ1n) is 7.99. The summed E-state index contributed by atoms with van der Waals surface area (Å²) in [4.78, 5) is 4.23. The SMILES string of the molecule is CCN(Cc1ccc(N(C)C)cc1)C(=S)Nc1cccc(Cl)c1C. The van der Waals surface area contributed by atoms with E-state index in [1.54, 1.807) is 0 Å². The maximum Gasteiger partial charge on any atom is 0.173 e. The number of nitrogens with zero attached hydrogens (tertiary/aromatic N) is 2. The summed E-state index contributed by atoms with van der Waals surface area (Å²) in [6.45, 7) is 5.70. The molecule has 0 aliphatic heterocycles. The van der Waals surface area contributed by atoms with Gasteiger partial charge in [-0.05, 0) is 61.5 Å². The zero-order chi connectivity index (χ0) is 17.7. The van der Waals surface area contributed by atoms with E-state index in [1.165, 1.54) is 11.3 Å². The largest absolute Gasteiger partial charge is 0.378 e. The van der Waals surface area contributed by atoms with E-state index in [4.69, 9.17) is 23.8 Å². The Morgan fingerprint density at radius 2 is 1.79 bits per heavy atom. The summed E-state index contributed by atoms with van der Waals surface area (Å²) in [6.07, 6.45) is 0. The third kappa shape index (κ3) is 4.62. The van der Waals surface area contributed by atoms with Gasteiger partial charge in [0.25, 0.3) is 0 Å². The predicted octanol–water partition coefficient (Wildman–Crippen LogP) is 4.93. The van der Waals surface area contributed by atoms with Gasteiger partial charge >= 0.3 is 0 Å². The minimum atomic E-state index is 0.708. The first-order chi connectivity index (χ1) is 11.4. The molecule has 0 spiro atoms. The highest BCUT2D eigenvalue weighted by Crippen LogP contribution is 2.23. The molecule has 0 unspecified atom stereocenters. The van der Waals surface area contributed by atoms with Crippen molar-refractivity contribution in [3.63, 3.8) is 0 Å². The molecule has 5 heteroatoms. The fourth-order valence-corrected chi connectivity index (χ4v) is 2.86. The molecular formula is C19H24ClN3S. The number of hydrogen-bond donors (Lipinski definition) is 1. The Hall–Kier alpha value is -1.78. The van der Waals surface area contributed by atoms with Crippen LogP contribution in [0.1, 0.15) is 18.1 Å². The van der Waals surface area contributed by atoms with E-state index in [2.05, 4.69) is 46.3 Å². The molecule has 128 valence electrons. The summed E-state index contributed by atoms with van der Waals surface area (Å²) in [5.74, 6) is 0. The fraction of sp³-hybridized carbons (Fsp3) is 0.316. The number of benzene rings is 2. The van der Waals surface area contributed by atoms with E-state index >= 15 is 0 Å². The second-order valence-corrected chi connectivity index (χ2v) is 6.71. The number of anilines is 2. The Bertz CT molecular complexity index is 698. The highest BCUT2D eigenvalue weighted by molar-refractivity contribution is 7.80. The van der Waals surface area contributed by atoms with Crippen molar-refractivity contribution >= 4 is 40.3 Å². The Morgan fingerprint density at radius 1 is 1.12 bits per heavy atom. The lowest BCUT2D eigenvalue weighted by Gasteiger charge is -2.25. The van der Waals surface area contributed by atoms with Crippen molar-refractivity contribution < 1.29 is 0 Å². The Morgan fingerprint density at radius 3 is 2.38 bits per heavy atom. The van der Waals surface area contributed by atoms with Crippen molar-refractivity contribution in [3.05, 3.63) is 58.6 Å². The normalized spacial score (nSPS) is 10.4. The molecule has 0 aromatic heterocycles. The summed E-state index contributed by atoms with van der Waals surface area (Å²) in [5.41, 5.74) is 4.38. The maximum atomic E-state index is 6.18. The van der Waals surface area contributed by atoms with Crippen LogP contribution in [0.25, 0.3) is 0 Å². The monoisotopic (exact) mass is 361 g/mol. The zero-order valence-electron chi connectivity index (χ0n) is 14.6. The molecule has 0 amide bonds. The van der Waals surface area contributed by atoms with Gasteiger partial charge in [0.1, 0.15) is 0 Å². The molecule has 0 aliphatic rings. The van der Waals surface area contributed by atoms with Gasteiger partial charge in [-0.1, -0.05) is 29.8 Å². The minimum absolute atomic E-state index is 0.708. The molecule has 0 atom stereocenters. The molecule has 3 nitrogen and oxygen atoms in total. The minimum Gasteiger partial charge on any atom is -0.378 e. The number of hydrogen-bond acceptors (Lipinski definition) is 2. The quantitative estimate of drug-likeness (QED) is 0.760. The summed E-state index contributed by atoms with van der Waals surface area (Å²) < 4.78 is 0. The highest BCUT2D eigenvalue weighted by atomic mass is 35.5. The van der Waals surface area contributed by atoms with Crippen LogP contribution in [0.3, 0.4) is 0 Å². The van der Waals surface area contributed by atoms with Crippen molar-refractivity contribution in [2.45, 2.75) is 20.4 Å². The molecule has 0 aliphatic carbocycles. The standard InChI is InChI=1S/C19H24ClN3S/c1-5-23(13-15-9-11-16(12-10-15)22(3)4)19(24)21-18-8-6-7-17(20)14(18)2/h6-12H,5,13H2,1-4H3,(H,21,24). The topological polar surface area (TPSA) is 18.5 Å². The van der Waals surface area contributed by atoms with E-state index in [0.29, 0.717) is 5.11 Å². The van der Waals surface area contributed by atoms with Crippen molar-refractivity contribution in [2.75, 3.05) is 30.9 Å². The van der Waals surface area contributed by atoms with Crippen LogP contribution in [-0.2, 0) is 6.54 Å². The second-order valence-electron chi connectivity index (χ2n) is 5.92. The molecule has 0 heterocycles. The zero-order valence-corrected chi connectivity index (χ0v) is 16.2. The lowest BCUT2D eigenvalue weighted by Crippen LogP contribution is -2.34. The Kier molecular flexibility index (Phi) is 6.46. The molecule has 2 rings (SSSR count). The number of thiocarbonyl (C=S) groups is 1. The molecule has 1 N–H and O–H groups in total. The van der Waals surface area contributed by atoms with Gasteiger partial charge in [0, 0.05) is 43.6 Å². The average molecular weight is 362 g/mol. The second kappa shape index (κ2) is 8.36. The van der Waals surface area contributed by atoms with Gasteiger partial charge in [0.2, 0.25) is 0 Å². The summed E-state index contributed by atoms with van der Waals surface area (Å²) >= 11 is 11.8. The predicted molar refractivity (Wildman–Crippen MR) is 109 cm³/mol. The van der Waals surface area contributed by atoms with E-state index in [1.807, 2.05) is 39.2 Å². The summed E-state index contributed by atoms with van der Waals surface area (Å²) in [5, 5.41) is 4.77. The number of halogens is 1. The lowest BCUT2D eigenvalue weighted by atomic mass is 10.2. The van der Waals surface area contributed by atoms with Crippen LogP contribution in [-0.4, -0.2) is 30.7 Å². The molecule has 24 heavy (non-hydrogen) atoms. The van der Waals surface area contributed by atoms with Gasteiger partial charge in [-0.2, -0.15) is 0 Å². The highest BCUT2D eigenvalue weighted by Gasteiger charge is 2.11. The molecule has 2 aromatic carbocycles. The van der Waals surface area contributed by atoms with Crippen molar-refractivity contribution in [3.8, 4) is 0 Å². The van der Waals surface area contributed by atoms with Gasteiger partial charge in [0.15, 0.2) is 5.11 Å². The van der Waals surface area contributed by atoms with E-state index in [0.717, 1.165) is 29.4 Å². The average Bonchev–Trinajstić information content (AvgIpc) is 2.57. The summed E-state index contributed by atoms with van der Waals surface area (Å²) in [6, 6.07) is 14.3. The van der Waals surface area contributed by atoms with Crippen molar-refractivity contribution in [1.29, 1.82) is 0 Å². The number of rotatable bonds is 5. The van der Waals surface area contributed by atoms with Crippen LogP contribution in [0.15, 0.2) is 42.5 Å². The molecule has 0 saturated carbocycles. The van der Waals surface area contributed by atoms with Gasteiger partial charge in [-0.15, -0.1) is 0 Å². The molecule has 0 radical (unpaired) electrons. The smallest absolute Gasteiger partial charge is 0.173 e. The van der Waals surface area contributed by atoms with Crippen LogP contribution < -0.4 is 10.2 Å². The third-order valence-corrected chi connectivity index (χ3v) is 4.77. The van der Waals surface area contributed by atoms with Crippen molar-refractivity contribution in [1.82, 2.24) is 4.90 Å². The van der Waals surface area contributed by atoms with Gasteiger partial charge in [-0.25, -0.2) is 0 Å². The third-order valence-electron chi connectivity index (χ3n) is 4.00. The van der Waals surface area contributed by atoms with Gasteiger partial charge < -0.3 is 15.1 Å². The van der Waals surface area contributed by atoms with Gasteiger partial charge in [0.05, 0.1) is 0 Å². The van der Waals surface area contributed by atoms with Crippen LogP contribution in [0.2, 0.25) is 5.02 Å². The van der Waals surface area contributed by atoms with E-state index in [-0.39, 0.29) is 0 Å². The van der Waals surface area contributed by atoms with Gasteiger partial charge in [-0.3, -0.25) is 0 Å². The van der Waals surface area contributed by atoms with Crippen molar-refractivity contribution in [2.24, 2.45) is 0 Å². The Labute approximate surface area is 155 Å². The molecule has 2 aromatic rings. The molecule has 0 bridgehead atoms. The Balaban J connectivity index is 2.07. The molecule has 0 fully saturated rings. The number of nitrogens with one attached hydrogen (secondary N) is 1. The van der Waals surface area contributed by atoms with Crippen LogP contribution >= 0.6 is 23.8 Å². The first-order valence-corrected chi connectivity index (χ1v) is 8.78. The van der Waals surface area contributed by atoms with E-state index < -0.39 is 0 Å². The molecule has 0 saturated heterocycles. The van der Waals surface area contributed by atoms with Crippen LogP contribution in [0.5, 0.6) is 0 Å². The van der Waals surface area contributed by atoms with E-state index in [9.17, 15) is 0 Å².